The highest BCUT2D eigenvalue weighted by Gasteiger charge is 2.39. The van der Waals surface area contributed by atoms with Crippen LogP contribution in [0.3, 0.4) is 0 Å². The Morgan fingerprint density at radius 3 is 1.32 bits per heavy atom. The van der Waals surface area contributed by atoms with Crippen molar-refractivity contribution >= 4 is 16.3 Å². The first-order valence-corrected chi connectivity index (χ1v) is 8.13. The maximum Gasteiger partial charge on any atom is 0.109 e. The Labute approximate surface area is 174 Å². The van der Waals surface area contributed by atoms with Crippen molar-refractivity contribution in [3.05, 3.63) is 50.1 Å². The van der Waals surface area contributed by atoms with Crippen LogP contribution in [-0.2, 0) is 0 Å². The highest BCUT2D eigenvalue weighted by atomic mass is 14.4. The molecular formula is C22HN9. The van der Waals surface area contributed by atoms with Gasteiger partial charge in [0.25, 0.3) is 0 Å². The minimum Gasteiger partial charge on any atom is -0.197 e. The number of nitriles is 9. The summed E-state index contributed by atoms with van der Waals surface area (Å²) in [5, 5.41) is 87.0. The highest BCUT2D eigenvalue weighted by molar-refractivity contribution is 6.12. The third-order valence-corrected chi connectivity index (χ3v) is 4.92. The molecule has 0 amide bonds. The normalized spacial score (nSPS) is 13.1. The molecule has 9 heteroatoms. The fourth-order valence-corrected chi connectivity index (χ4v) is 3.78. The van der Waals surface area contributed by atoms with Gasteiger partial charge in [0.2, 0.25) is 0 Å². The van der Waals surface area contributed by atoms with Crippen LogP contribution in [0.4, 0.5) is 0 Å². The number of rotatable bonds is 0. The zero-order chi connectivity index (χ0) is 22.9. The molecule has 0 saturated carbocycles. The van der Waals surface area contributed by atoms with Crippen molar-refractivity contribution in [3.8, 4) is 54.6 Å². The monoisotopic (exact) mass is 391 g/mol. The molecule has 2 aromatic rings. The number of hydrogen-bond donors (Lipinski definition) is 0. The summed E-state index contributed by atoms with van der Waals surface area (Å²) in [5.41, 5.74) is -3.55. The predicted molar refractivity (Wildman–Crippen MR) is 98.7 cm³/mol. The second kappa shape index (κ2) is 7.11. The van der Waals surface area contributed by atoms with Gasteiger partial charge in [0.1, 0.15) is 48.4 Å². The van der Waals surface area contributed by atoms with Crippen LogP contribution >= 0.6 is 0 Å². The van der Waals surface area contributed by atoms with Gasteiger partial charge in [-0.15, -0.1) is 0 Å². The minimum absolute atomic E-state index is 0.110. The summed E-state index contributed by atoms with van der Waals surface area (Å²) < 4.78 is 0. The van der Waals surface area contributed by atoms with Gasteiger partial charge in [-0.25, -0.2) is 0 Å². The Kier molecular flexibility index (Phi) is 4.50. The van der Waals surface area contributed by atoms with E-state index in [9.17, 15) is 47.4 Å². The molecule has 9 nitrogen and oxygen atoms in total. The summed E-state index contributed by atoms with van der Waals surface area (Å²) in [6.45, 7) is 0. The maximum absolute atomic E-state index is 9.76. The number of nitrogens with zero attached hydrogens (tertiary/aromatic N) is 9. The van der Waals surface area contributed by atoms with Gasteiger partial charge >= 0.3 is 0 Å². The number of hydrogen-bond acceptors (Lipinski definition) is 9. The quantitative estimate of drug-likeness (QED) is 0.643. The van der Waals surface area contributed by atoms with E-state index in [1.807, 2.05) is 6.07 Å². The van der Waals surface area contributed by atoms with E-state index in [-0.39, 0.29) is 38.6 Å². The summed E-state index contributed by atoms with van der Waals surface area (Å²) in [6.07, 6.45) is 0. The van der Waals surface area contributed by atoms with E-state index in [4.69, 9.17) is 0 Å². The van der Waals surface area contributed by atoms with Gasteiger partial charge in [0.05, 0.1) is 56.7 Å². The Bertz CT molecular complexity index is 1650. The summed E-state index contributed by atoms with van der Waals surface area (Å²) in [5.74, 6) is -1.46. The Hall–Kier alpha value is -6.15. The molecule has 0 aromatic heterocycles. The van der Waals surface area contributed by atoms with Crippen molar-refractivity contribution in [1.82, 2.24) is 0 Å². The average molecular weight is 391 g/mol. The van der Waals surface area contributed by atoms with Gasteiger partial charge in [-0.3, -0.25) is 0 Å². The van der Waals surface area contributed by atoms with E-state index in [0.29, 0.717) is 0 Å². The van der Waals surface area contributed by atoms with Crippen molar-refractivity contribution in [3.63, 3.8) is 0 Å². The molecule has 3 rings (SSSR count). The van der Waals surface area contributed by atoms with Crippen LogP contribution in [0.2, 0.25) is 0 Å². The molecule has 0 N–H and O–H groups in total. The maximum atomic E-state index is 9.76. The van der Waals surface area contributed by atoms with Crippen LogP contribution in [-0.4, -0.2) is 0 Å². The lowest BCUT2D eigenvalue weighted by Gasteiger charge is -2.25. The van der Waals surface area contributed by atoms with E-state index >= 15 is 0 Å². The third kappa shape index (κ3) is 2.21. The molecule has 1 aliphatic rings. The standard InChI is InChI=1S/C22HN9/c23-1-10-13(4-26)19-15(6-28)11(2-24)17(8-30)21-18(9-31)12(3-25)16(7-29)20(22(19)21)14(10)5-27/h13H/t13-/m1/s1. The van der Waals surface area contributed by atoms with Gasteiger partial charge in [0, 0.05) is 21.9 Å². The van der Waals surface area contributed by atoms with Crippen LogP contribution in [0.5, 0.6) is 0 Å². The minimum atomic E-state index is -1.46. The molecule has 0 bridgehead atoms. The van der Waals surface area contributed by atoms with Gasteiger partial charge in [0.15, 0.2) is 0 Å². The second-order valence-corrected chi connectivity index (χ2v) is 6.03. The van der Waals surface area contributed by atoms with Crippen molar-refractivity contribution in [2.75, 3.05) is 0 Å². The fourth-order valence-electron chi connectivity index (χ4n) is 3.78. The summed E-state index contributed by atoms with van der Waals surface area (Å²) in [6, 6.07) is 15.8. The van der Waals surface area contributed by atoms with Crippen LogP contribution in [0.25, 0.3) is 16.3 Å². The van der Waals surface area contributed by atoms with E-state index in [2.05, 4.69) is 0 Å². The largest absolute Gasteiger partial charge is 0.197 e. The third-order valence-electron chi connectivity index (χ3n) is 4.92. The van der Waals surface area contributed by atoms with Crippen LogP contribution in [0, 0.1) is 102 Å². The van der Waals surface area contributed by atoms with Gasteiger partial charge in [-0.05, 0) is 0 Å². The highest BCUT2D eigenvalue weighted by Crippen LogP contribution is 2.49. The van der Waals surface area contributed by atoms with Crippen molar-refractivity contribution in [2.24, 2.45) is 0 Å². The molecule has 134 valence electrons. The average Bonchev–Trinajstić information content (AvgIpc) is 2.81. The molecule has 0 unspecified atom stereocenters. The molecule has 1 atom stereocenters. The first kappa shape index (κ1) is 19.6. The molecule has 31 heavy (non-hydrogen) atoms. The summed E-state index contributed by atoms with van der Waals surface area (Å²) in [7, 11) is 0. The first-order valence-electron chi connectivity index (χ1n) is 8.13. The topological polar surface area (TPSA) is 214 Å². The number of allylic oxidation sites excluding steroid dienone is 2. The summed E-state index contributed by atoms with van der Waals surface area (Å²) >= 11 is 0. The fraction of sp³-hybridized carbons (Fsp3) is 0.0455. The smallest absolute Gasteiger partial charge is 0.109 e. The Morgan fingerprint density at radius 1 is 0.452 bits per heavy atom. The Balaban J connectivity index is 3.03. The van der Waals surface area contributed by atoms with Crippen LogP contribution in [0.15, 0.2) is 5.57 Å². The van der Waals surface area contributed by atoms with Crippen LogP contribution in [0.1, 0.15) is 50.4 Å². The lowest BCUT2D eigenvalue weighted by molar-refractivity contribution is 1.04. The number of benzene rings is 2. The van der Waals surface area contributed by atoms with Crippen molar-refractivity contribution in [1.29, 1.82) is 47.4 Å². The van der Waals surface area contributed by atoms with E-state index in [0.717, 1.165) is 0 Å². The zero-order valence-corrected chi connectivity index (χ0v) is 15.1. The molecule has 0 fully saturated rings. The first-order chi connectivity index (χ1) is 15.0. The van der Waals surface area contributed by atoms with E-state index in [1.54, 1.807) is 48.6 Å². The predicted octanol–water partition coefficient (Wildman–Crippen LogP) is 2.49. The summed E-state index contributed by atoms with van der Waals surface area (Å²) in [4.78, 5) is 0. The Morgan fingerprint density at radius 2 is 0.935 bits per heavy atom. The zero-order valence-electron chi connectivity index (χ0n) is 15.1. The lowest BCUT2D eigenvalue weighted by Crippen LogP contribution is -2.16. The van der Waals surface area contributed by atoms with Crippen LogP contribution < -0.4 is 0 Å². The van der Waals surface area contributed by atoms with Gasteiger partial charge in [-0.1, -0.05) is 0 Å². The van der Waals surface area contributed by atoms with E-state index in [1.165, 1.54) is 0 Å². The van der Waals surface area contributed by atoms with E-state index < -0.39 is 33.7 Å². The molecule has 0 aliphatic heterocycles. The van der Waals surface area contributed by atoms with Crippen molar-refractivity contribution in [2.45, 2.75) is 5.92 Å². The molecule has 0 spiro atoms. The molecule has 0 radical (unpaired) electrons. The molecule has 0 heterocycles. The molecule has 1 aliphatic carbocycles. The van der Waals surface area contributed by atoms with Crippen molar-refractivity contribution < 1.29 is 0 Å². The lowest BCUT2D eigenvalue weighted by atomic mass is 9.71. The molecule has 2 aromatic carbocycles. The SMILES string of the molecule is N#CC1=C(C#N)[C@@H](C#N)c2c(C#N)c(C#N)c(C#N)c3c(C#N)c(C#N)c(C#N)c1c23. The van der Waals surface area contributed by atoms with Gasteiger partial charge < -0.3 is 0 Å². The van der Waals surface area contributed by atoms with Gasteiger partial charge in [-0.2, -0.15) is 47.4 Å². The molecular weight excluding hydrogens is 390 g/mol. The second-order valence-electron chi connectivity index (χ2n) is 6.03. The molecule has 0 saturated heterocycles.